The number of aryl methyl sites for hydroxylation is 1. The number of hydrogen-bond donors (Lipinski definition) is 1. The maximum absolute atomic E-state index is 4.57. The van der Waals surface area contributed by atoms with E-state index in [1.807, 2.05) is 19.3 Å². The number of allylic oxidation sites excluding steroid dienone is 2. The molecule has 0 bridgehead atoms. The zero-order valence-corrected chi connectivity index (χ0v) is 15.8. The Morgan fingerprint density at radius 2 is 2.19 bits per heavy atom. The number of benzene rings is 1. The van der Waals surface area contributed by atoms with Crippen molar-refractivity contribution in [1.82, 2.24) is 19.9 Å². The number of rotatable bonds is 4. The molecular formula is C20H19N5S. The molecule has 0 amide bonds. The maximum atomic E-state index is 4.57. The van der Waals surface area contributed by atoms with Crippen molar-refractivity contribution in [3.8, 4) is 11.1 Å². The van der Waals surface area contributed by atoms with Crippen LogP contribution in [-0.4, -0.2) is 33.2 Å². The number of nitrogens with one attached hydrogen (secondary N) is 1. The Bertz CT molecular complexity index is 1150. The van der Waals surface area contributed by atoms with Crippen molar-refractivity contribution in [3.05, 3.63) is 47.5 Å². The van der Waals surface area contributed by atoms with Gasteiger partial charge in [0.25, 0.3) is 0 Å². The minimum atomic E-state index is 0.831. The van der Waals surface area contributed by atoms with Crippen molar-refractivity contribution >= 4 is 44.4 Å². The van der Waals surface area contributed by atoms with Gasteiger partial charge in [0.1, 0.15) is 12.0 Å². The molecule has 26 heavy (non-hydrogen) atoms. The van der Waals surface area contributed by atoms with E-state index in [0.717, 1.165) is 50.4 Å². The fraction of sp³-hybridized carbons (Fsp3) is 0.200. The number of hydrogen-bond acceptors (Lipinski definition) is 5. The molecule has 0 atom stereocenters. The van der Waals surface area contributed by atoms with E-state index in [9.17, 15) is 0 Å². The zero-order chi connectivity index (χ0) is 18.1. The summed E-state index contributed by atoms with van der Waals surface area (Å²) in [6, 6.07) is 6.38. The normalized spacial score (nSPS) is 12.7. The van der Waals surface area contributed by atoms with Crippen molar-refractivity contribution in [3.63, 3.8) is 0 Å². The molecule has 0 aliphatic heterocycles. The predicted octanol–water partition coefficient (Wildman–Crippen LogP) is 5.04. The summed E-state index contributed by atoms with van der Waals surface area (Å²) in [5.41, 5.74) is 6.01. The van der Waals surface area contributed by atoms with E-state index >= 15 is 0 Å². The molecule has 3 aromatic heterocycles. The lowest BCUT2D eigenvalue weighted by Gasteiger charge is -2.06. The summed E-state index contributed by atoms with van der Waals surface area (Å²) in [5.74, 6) is 0. The number of fused-ring (bicyclic) bond motifs is 2. The molecule has 4 aromatic rings. The topological polar surface area (TPSA) is 66.8 Å². The van der Waals surface area contributed by atoms with Crippen molar-refractivity contribution < 1.29 is 0 Å². The smallest absolute Gasteiger partial charge is 0.141 e. The van der Waals surface area contributed by atoms with E-state index in [2.05, 4.69) is 56.1 Å². The van der Waals surface area contributed by atoms with Crippen LogP contribution in [0.2, 0.25) is 0 Å². The van der Waals surface area contributed by atoms with E-state index in [1.54, 1.807) is 24.7 Å². The van der Waals surface area contributed by atoms with E-state index in [0.29, 0.717) is 0 Å². The van der Waals surface area contributed by atoms with Gasteiger partial charge in [0.05, 0.1) is 26.3 Å². The highest BCUT2D eigenvalue weighted by Crippen LogP contribution is 2.34. The Kier molecular flexibility index (Phi) is 4.34. The third-order valence-electron chi connectivity index (χ3n) is 4.24. The second-order valence-electron chi connectivity index (χ2n) is 6.02. The largest absolute Gasteiger partial charge is 0.345 e. The third-order valence-corrected chi connectivity index (χ3v) is 5.18. The molecule has 0 aliphatic carbocycles. The molecule has 1 aromatic carbocycles. The van der Waals surface area contributed by atoms with E-state index in [1.165, 1.54) is 4.70 Å². The molecular weight excluding hydrogens is 342 g/mol. The molecule has 1 N–H and O–H groups in total. The van der Waals surface area contributed by atoms with Gasteiger partial charge in [0.15, 0.2) is 0 Å². The SMILES string of the molecule is CC/C=C(\C=NC)c1ncnc2[nH]cc(-c3ccc4nc(C)sc4c3)c12. The van der Waals surface area contributed by atoms with Gasteiger partial charge in [0, 0.05) is 30.6 Å². The van der Waals surface area contributed by atoms with Crippen LogP contribution in [0.3, 0.4) is 0 Å². The molecule has 6 heteroatoms. The summed E-state index contributed by atoms with van der Waals surface area (Å²) >= 11 is 1.71. The van der Waals surface area contributed by atoms with Crippen LogP contribution in [0.25, 0.3) is 38.0 Å². The van der Waals surface area contributed by atoms with Crippen LogP contribution in [0.15, 0.2) is 41.8 Å². The lowest BCUT2D eigenvalue weighted by molar-refractivity contribution is 1.17. The van der Waals surface area contributed by atoms with Crippen LogP contribution in [0, 0.1) is 6.92 Å². The Morgan fingerprint density at radius 3 is 3.00 bits per heavy atom. The summed E-state index contributed by atoms with van der Waals surface area (Å²) in [6.45, 7) is 4.15. The second-order valence-corrected chi connectivity index (χ2v) is 7.25. The molecule has 0 fully saturated rings. The first-order valence-corrected chi connectivity index (χ1v) is 9.35. The van der Waals surface area contributed by atoms with Crippen LogP contribution in [-0.2, 0) is 0 Å². The van der Waals surface area contributed by atoms with Crippen molar-refractivity contribution in [2.75, 3.05) is 7.05 Å². The standard InChI is InChI=1S/C20H19N5S/c1-4-5-14(9-21-3)19-18-15(10-22-20(18)24-11-23-19)13-6-7-16-17(8-13)26-12(2)25-16/h5-11H,4H2,1-3H3,(H,22,23,24)/b14-5+,21-9?. The summed E-state index contributed by atoms with van der Waals surface area (Å²) in [4.78, 5) is 21.0. The highest BCUT2D eigenvalue weighted by Gasteiger charge is 2.15. The average molecular weight is 361 g/mol. The highest BCUT2D eigenvalue weighted by molar-refractivity contribution is 7.18. The Morgan fingerprint density at radius 1 is 1.31 bits per heavy atom. The number of thiazole rings is 1. The lowest BCUT2D eigenvalue weighted by Crippen LogP contribution is -1.94. The maximum Gasteiger partial charge on any atom is 0.141 e. The monoisotopic (exact) mass is 361 g/mol. The number of nitrogens with zero attached hydrogens (tertiary/aromatic N) is 4. The fourth-order valence-electron chi connectivity index (χ4n) is 3.19. The first kappa shape index (κ1) is 16.6. The minimum Gasteiger partial charge on any atom is -0.345 e. The van der Waals surface area contributed by atoms with Gasteiger partial charge in [-0.2, -0.15) is 0 Å². The van der Waals surface area contributed by atoms with Gasteiger partial charge >= 0.3 is 0 Å². The number of aliphatic imine (C=N–C) groups is 1. The van der Waals surface area contributed by atoms with Crippen LogP contribution < -0.4 is 0 Å². The van der Waals surface area contributed by atoms with E-state index in [4.69, 9.17) is 0 Å². The lowest BCUT2D eigenvalue weighted by atomic mass is 10.0. The van der Waals surface area contributed by atoms with Gasteiger partial charge < -0.3 is 4.98 Å². The van der Waals surface area contributed by atoms with Crippen molar-refractivity contribution in [1.29, 1.82) is 0 Å². The fourth-order valence-corrected chi connectivity index (χ4v) is 4.05. The predicted molar refractivity (Wildman–Crippen MR) is 110 cm³/mol. The van der Waals surface area contributed by atoms with E-state index < -0.39 is 0 Å². The average Bonchev–Trinajstić information content (AvgIpc) is 3.23. The summed E-state index contributed by atoms with van der Waals surface area (Å²) in [5, 5.41) is 2.10. The van der Waals surface area contributed by atoms with Crippen LogP contribution in [0.1, 0.15) is 24.0 Å². The number of H-pyrrole nitrogens is 1. The van der Waals surface area contributed by atoms with Crippen LogP contribution in [0.4, 0.5) is 0 Å². The molecule has 0 radical (unpaired) electrons. The van der Waals surface area contributed by atoms with Gasteiger partial charge in [-0.1, -0.05) is 19.1 Å². The molecule has 0 aliphatic rings. The molecule has 0 spiro atoms. The number of aromatic nitrogens is 4. The molecule has 0 unspecified atom stereocenters. The second kappa shape index (κ2) is 6.80. The summed E-state index contributed by atoms with van der Waals surface area (Å²) in [6.07, 6.45) is 8.52. The zero-order valence-electron chi connectivity index (χ0n) is 14.9. The summed E-state index contributed by atoms with van der Waals surface area (Å²) in [7, 11) is 1.78. The third kappa shape index (κ3) is 2.82. The molecule has 4 rings (SSSR count). The van der Waals surface area contributed by atoms with Gasteiger partial charge in [-0.15, -0.1) is 11.3 Å². The molecule has 0 saturated carbocycles. The molecule has 130 valence electrons. The first-order valence-electron chi connectivity index (χ1n) is 8.53. The van der Waals surface area contributed by atoms with Crippen molar-refractivity contribution in [2.24, 2.45) is 4.99 Å². The number of aromatic amines is 1. The van der Waals surface area contributed by atoms with Gasteiger partial charge in [-0.3, -0.25) is 4.99 Å². The Hall–Kier alpha value is -2.86. The quantitative estimate of drug-likeness (QED) is 0.518. The Labute approximate surface area is 155 Å². The van der Waals surface area contributed by atoms with Crippen LogP contribution >= 0.6 is 11.3 Å². The van der Waals surface area contributed by atoms with Gasteiger partial charge in [-0.25, -0.2) is 15.0 Å². The highest BCUT2D eigenvalue weighted by atomic mass is 32.1. The molecule has 3 heterocycles. The van der Waals surface area contributed by atoms with E-state index in [-0.39, 0.29) is 0 Å². The van der Waals surface area contributed by atoms with Crippen molar-refractivity contribution in [2.45, 2.75) is 20.3 Å². The molecule has 5 nitrogen and oxygen atoms in total. The molecule has 0 saturated heterocycles. The van der Waals surface area contributed by atoms with Gasteiger partial charge in [0.2, 0.25) is 0 Å². The van der Waals surface area contributed by atoms with Gasteiger partial charge in [-0.05, 0) is 31.0 Å². The van der Waals surface area contributed by atoms with Crippen LogP contribution in [0.5, 0.6) is 0 Å². The Balaban J connectivity index is 1.96. The first-order chi connectivity index (χ1) is 12.7. The summed E-state index contributed by atoms with van der Waals surface area (Å²) < 4.78 is 1.19. The minimum absolute atomic E-state index is 0.831.